The van der Waals surface area contributed by atoms with Crippen molar-refractivity contribution in [3.05, 3.63) is 53.6 Å². The second-order valence-corrected chi connectivity index (χ2v) is 6.23. The fourth-order valence-electron chi connectivity index (χ4n) is 3.00. The number of piperidine rings is 1. The first-order valence-electron chi connectivity index (χ1n) is 8.45. The molecule has 26 heavy (non-hydrogen) atoms. The average molecular weight is 349 g/mol. The van der Waals surface area contributed by atoms with Crippen LogP contribution >= 0.6 is 0 Å². The Hall–Kier alpha value is -3.27. The first-order valence-corrected chi connectivity index (χ1v) is 8.45. The van der Waals surface area contributed by atoms with E-state index in [0.717, 1.165) is 12.8 Å². The lowest BCUT2D eigenvalue weighted by Gasteiger charge is -2.32. The number of aromatic nitrogens is 2. The molecule has 2 aromatic rings. The summed E-state index contributed by atoms with van der Waals surface area (Å²) in [5.41, 5.74) is 2.09. The van der Waals surface area contributed by atoms with E-state index in [4.69, 9.17) is 0 Å². The van der Waals surface area contributed by atoms with Gasteiger partial charge in [-0.15, -0.1) is 0 Å². The van der Waals surface area contributed by atoms with Gasteiger partial charge in [-0.25, -0.2) is 4.98 Å². The van der Waals surface area contributed by atoms with E-state index in [1.807, 2.05) is 0 Å². The number of amides is 1. The SMILES string of the molecule is CC(=O)c1ccc(C#N)c(NC2CCN(C(=O)c3cnccn3)CC2)c1. The summed E-state index contributed by atoms with van der Waals surface area (Å²) in [7, 11) is 0. The van der Waals surface area contributed by atoms with Crippen LogP contribution in [0.4, 0.5) is 5.69 Å². The van der Waals surface area contributed by atoms with Crippen molar-refractivity contribution >= 4 is 17.4 Å². The van der Waals surface area contributed by atoms with Crippen LogP contribution in [0, 0.1) is 11.3 Å². The Balaban J connectivity index is 1.64. The first-order chi connectivity index (χ1) is 12.6. The molecule has 0 bridgehead atoms. The summed E-state index contributed by atoms with van der Waals surface area (Å²) in [5.74, 6) is -0.158. The zero-order valence-corrected chi connectivity index (χ0v) is 14.5. The summed E-state index contributed by atoms with van der Waals surface area (Å²) < 4.78 is 0. The summed E-state index contributed by atoms with van der Waals surface area (Å²) in [6.07, 6.45) is 6.02. The Bertz CT molecular complexity index is 852. The average Bonchev–Trinajstić information content (AvgIpc) is 2.68. The monoisotopic (exact) mass is 349 g/mol. The largest absolute Gasteiger partial charge is 0.381 e. The number of carbonyl (C=O) groups excluding carboxylic acids is 2. The molecular weight excluding hydrogens is 330 g/mol. The Kier molecular flexibility index (Phi) is 5.23. The molecule has 0 saturated carbocycles. The first kappa shape index (κ1) is 17.5. The van der Waals surface area contributed by atoms with Crippen molar-refractivity contribution in [2.75, 3.05) is 18.4 Å². The molecule has 1 fully saturated rings. The van der Waals surface area contributed by atoms with Crippen molar-refractivity contribution in [2.45, 2.75) is 25.8 Å². The van der Waals surface area contributed by atoms with Crippen LogP contribution in [0.1, 0.15) is 46.2 Å². The van der Waals surface area contributed by atoms with Gasteiger partial charge >= 0.3 is 0 Å². The number of nitrogens with zero attached hydrogens (tertiary/aromatic N) is 4. The zero-order chi connectivity index (χ0) is 18.5. The second kappa shape index (κ2) is 7.74. The van der Waals surface area contributed by atoms with Gasteiger partial charge < -0.3 is 10.2 Å². The van der Waals surface area contributed by atoms with Gasteiger partial charge in [0.2, 0.25) is 0 Å². The van der Waals surface area contributed by atoms with Crippen molar-refractivity contribution in [1.29, 1.82) is 5.26 Å². The van der Waals surface area contributed by atoms with Crippen LogP contribution in [0.3, 0.4) is 0 Å². The second-order valence-electron chi connectivity index (χ2n) is 6.23. The minimum absolute atomic E-state index is 0.0399. The third-order valence-corrected chi connectivity index (χ3v) is 4.47. The highest BCUT2D eigenvalue weighted by Gasteiger charge is 2.25. The molecule has 1 aliphatic heterocycles. The number of Topliss-reactive ketones (excluding diaryl/α,β-unsaturated/α-hetero) is 1. The van der Waals surface area contributed by atoms with E-state index in [9.17, 15) is 14.9 Å². The number of nitrogens with one attached hydrogen (secondary N) is 1. The van der Waals surface area contributed by atoms with Crippen LogP contribution in [0.25, 0.3) is 0 Å². The van der Waals surface area contributed by atoms with Gasteiger partial charge in [0.15, 0.2) is 5.78 Å². The number of likely N-dealkylation sites (tertiary alicyclic amines) is 1. The quantitative estimate of drug-likeness (QED) is 0.850. The molecule has 1 saturated heterocycles. The van der Waals surface area contributed by atoms with Gasteiger partial charge in [-0.2, -0.15) is 5.26 Å². The van der Waals surface area contributed by atoms with Crippen LogP contribution in [-0.4, -0.2) is 45.7 Å². The predicted octanol–water partition coefficient (Wildman–Crippen LogP) is 2.27. The maximum Gasteiger partial charge on any atom is 0.274 e. The summed E-state index contributed by atoms with van der Waals surface area (Å²) in [6.45, 7) is 2.70. The Morgan fingerprint density at radius 3 is 2.65 bits per heavy atom. The highest BCUT2D eigenvalue weighted by atomic mass is 16.2. The van der Waals surface area contributed by atoms with Crippen LogP contribution in [0.5, 0.6) is 0 Å². The third kappa shape index (κ3) is 3.86. The van der Waals surface area contributed by atoms with Gasteiger partial charge in [-0.05, 0) is 38.0 Å². The highest BCUT2D eigenvalue weighted by molar-refractivity contribution is 5.95. The van der Waals surface area contributed by atoms with Gasteiger partial charge in [-0.1, -0.05) is 0 Å². The lowest BCUT2D eigenvalue weighted by molar-refractivity contribution is 0.0712. The van der Waals surface area contributed by atoms with Gasteiger partial charge in [-0.3, -0.25) is 14.6 Å². The minimum Gasteiger partial charge on any atom is -0.381 e. The molecular formula is C19H19N5O2. The number of hydrogen-bond acceptors (Lipinski definition) is 6. The summed E-state index contributed by atoms with van der Waals surface area (Å²) in [6, 6.07) is 7.32. The molecule has 0 atom stereocenters. The lowest BCUT2D eigenvalue weighted by atomic mass is 10.0. The van der Waals surface area contributed by atoms with Crippen molar-refractivity contribution < 1.29 is 9.59 Å². The van der Waals surface area contributed by atoms with Crippen LogP contribution < -0.4 is 5.32 Å². The number of benzene rings is 1. The molecule has 1 aromatic heterocycles. The number of carbonyl (C=O) groups is 2. The fraction of sp³-hybridized carbons (Fsp3) is 0.316. The van der Waals surface area contributed by atoms with Gasteiger partial charge in [0.1, 0.15) is 11.8 Å². The smallest absolute Gasteiger partial charge is 0.274 e. The van der Waals surface area contributed by atoms with Crippen LogP contribution in [0.2, 0.25) is 0 Å². The molecule has 0 spiro atoms. The maximum atomic E-state index is 12.4. The molecule has 7 heteroatoms. The van der Waals surface area contributed by atoms with Crippen LogP contribution in [0.15, 0.2) is 36.8 Å². The lowest BCUT2D eigenvalue weighted by Crippen LogP contribution is -2.42. The molecule has 2 heterocycles. The van der Waals surface area contributed by atoms with Crippen LogP contribution in [-0.2, 0) is 0 Å². The molecule has 132 valence electrons. The maximum absolute atomic E-state index is 12.4. The van der Waals surface area contributed by atoms with Crippen molar-refractivity contribution in [3.63, 3.8) is 0 Å². The van der Waals surface area contributed by atoms with E-state index in [1.54, 1.807) is 23.1 Å². The van der Waals surface area contributed by atoms with E-state index < -0.39 is 0 Å². The van der Waals surface area contributed by atoms with Gasteiger partial charge in [0, 0.05) is 37.1 Å². The molecule has 1 aromatic carbocycles. The fourth-order valence-corrected chi connectivity index (χ4v) is 3.00. The van der Waals surface area contributed by atoms with Crippen molar-refractivity contribution in [1.82, 2.24) is 14.9 Å². The molecule has 7 nitrogen and oxygen atoms in total. The standard InChI is InChI=1S/C19H19N5O2/c1-13(25)14-2-3-15(11-20)17(10-14)23-16-4-8-24(9-5-16)19(26)18-12-21-6-7-22-18/h2-3,6-7,10,12,16,23H,4-5,8-9H2,1H3. The highest BCUT2D eigenvalue weighted by Crippen LogP contribution is 2.22. The zero-order valence-electron chi connectivity index (χ0n) is 14.5. The number of hydrogen-bond donors (Lipinski definition) is 1. The molecule has 0 unspecified atom stereocenters. The molecule has 1 amide bonds. The predicted molar refractivity (Wildman–Crippen MR) is 95.7 cm³/mol. The normalized spacial score (nSPS) is 14.5. The number of nitriles is 1. The molecule has 1 aliphatic rings. The van der Waals surface area contributed by atoms with Gasteiger partial charge in [0.25, 0.3) is 5.91 Å². The Morgan fingerprint density at radius 2 is 2.04 bits per heavy atom. The molecule has 1 N–H and O–H groups in total. The number of anilines is 1. The minimum atomic E-state index is -0.118. The topological polar surface area (TPSA) is 99.0 Å². The summed E-state index contributed by atoms with van der Waals surface area (Å²) >= 11 is 0. The van der Waals surface area contributed by atoms with Gasteiger partial charge in [0.05, 0.1) is 17.4 Å². The van der Waals surface area contributed by atoms with E-state index in [1.165, 1.54) is 25.5 Å². The Labute approximate surface area is 151 Å². The van der Waals surface area contributed by atoms with Crippen molar-refractivity contribution in [3.8, 4) is 6.07 Å². The number of ketones is 1. The van der Waals surface area contributed by atoms with Crippen molar-refractivity contribution in [2.24, 2.45) is 0 Å². The molecule has 3 rings (SSSR count). The molecule has 0 radical (unpaired) electrons. The molecule has 0 aliphatic carbocycles. The summed E-state index contributed by atoms with van der Waals surface area (Å²) in [5, 5.41) is 12.6. The number of rotatable bonds is 4. The Morgan fingerprint density at radius 1 is 1.27 bits per heavy atom. The van der Waals surface area contributed by atoms with E-state index >= 15 is 0 Å². The summed E-state index contributed by atoms with van der Waals surface area (Å²) in [4.78, 5) is 33.7. The van der Waals surface area contributed by atoms with E-state index in [-0.39, 0.29) is 17.7 Å². The van der Waals surface area contributed by atoms with E-state index in [0.29, 0.717) is 35.6 Å². The third-order valence-electron chi connectivity index (χ3n) is 4.47. The van der Waals surface area contributed by atoms with E-state index in [2.05, 4.69) is 21.4 Å².